The third kappa shape index (κ3) is 4.04. The molecule has 1 fully saturated rings. The molecular formula is C20H19ClF3NO. The summed E-state index contributed by atoms with van der Waals surface area (Å²) in [5.41, 5.74) is -0.0318. The molecule has 6 heteroatoms. The third-order valence-electron chi connectivity index (χ3n) is 4.87. The lowest BCUT2D eigenvalue weighted by Crippen LogP contribution is -2.41. The first-order valence-electron chi connectivity index (χ1n) is 8.59. The summed E-state index contributed by atoms with van der Waals surface area (Å²) in [4.78, 5) is 12.6. The van der Waals surface area contributed by atoms with Crippen LogP contribution in [0.25, 0.3) is 0 Å². The Kier molecular flexibility index (Phi) is 5.56. The van der Waals surface area contributed by atoms with E-state index >= 15 is 0 Å². The van der Waals surface area contributed by atoms with Crippen molar-refractivity contribution in [2.24, 2.45) is 0 Å². The monoisotopic (exact) mass is 381 g/mol. The fourth-order valence-corrected chi connectivity index (χ4v) is 3.87. The molecule has 0 unspecified atom stereocenters. The minimum atomic E-state index is -4.41. The van der Waals surface area contributed by atoms with Gasteiger partial charge in [-0.25, -0.2) is 0 Å². The highest BCUT2D eigenvalue weighted by molar-refractivity contribution is 6.33. The van der Waals surface area contributed by atoms with Crippen molar-refractivity contribution >= 4 is 17.5 Å². The van der Waals surface area contributed by atoms with Crippen LogP contribution in [0.3, 0.4) is 0 Å². The number of benzene rings is 2. The Balaban J connectivity index is 1.88. The standard InChI is InChI=1S/C20H19ClF3NO/c21-17-11-5-2-9-15(17)19(26)25-18-12-6-3-8-14(18)13-7-1-4-10-16(13)20(22,23)24/h1-2,4-5,7,9-11,14,18H,3,6,8,12H2,(H,25,26)/t14-,18-/m1/s1. The maximum atomic E-state index is 13.4. The van der Waals surface area contributed by atoms with Crippen molar-refractivity contribution in [3.05, 3.63) is 70.2 Å². The average Bonchev–Trinajstić information content (AvgIpc) is 2.62. The zero-order valence-corrected chi connectivity index (χ0v) is 14.8. The predicted molar refractivity (Wildman–Crippen MR) is 95.4 cm³/mol. The lowest BCUT2D eigenvalue weighted by molar-refractivity contribution is -0.138. The molecule has 0 bridgehead atoms. The van der Waals surface area contributed by atoms with Crippen molar-refractivity contribution in [3.63, 3.8) is 0 Å². The number of amides is 1. The van der Waals surface area contributed by atoms with E-state index in [-0.39, 0.29) is 23.4 Å². The normalized spacial score (nSPS) is 20.6. The van der Waals surface area contributed by atoms with Crippen LogP contribution < -0.4 is 5.32 Å². The van der Waals surface area contributed by atoms with Crippen LogP contribution in [0.5, 0.6) is 0 Å². The van der Waals surface area contributed by atoms with Crippen molar-refractivity contribution in [1.82, 2.24) is 5.32 Å². The van der Waals surface area contributed by atoms with Crippen molar-refractivity contribution in [2.45, 2.75) is 43.8 Å². The highest BCUT2D eigenvalue weighted by Crippen LogP contribution is 2.40. The highest BCUT2D eigenvalue weighted by Gasteiger charge is 2.38. The minimum Gasteiger partial charge on any atom is -0.349 e. The second kappa shape index (κ2) is 7.70. The van der Waals surface area contributed by atoms with Crippen LogP contribution in [-0.4, -0.2) is 11.9 Å². The van der Waals surface area contributed by atoms with E-state index in [1.807, 2.05) is 0 Å². The van der Waals surface area contributed by atoms with Gasteiger partial charge in [-0.3, -0.25) is 4.79 Å². The van der Waals surface area contributed by atoms with Crippen LogP contribution in [0.4, 0.5) is 13.2 Å². The zero-order valence-electron chi connectivity index (χ0n) is 14.0. The van der Waals surface area contributed by atoms with Crippen LogP contribution in [0.1, 0.15) is 53.1 Å². The highest BCUT2D eigenvalue weighted by atomic mass is 35.5. The fourth-order valence-electron chi connectivity index (χ4n) is 3.65. The van der Waals surface area contributed by atoms with Crippen LogP contribution in [-0.2, 0) is 6.18 Å². The molecule has 0 radical (unpaired) electrons. The van der Waals surface area contributed by atoms with Crippen molar-refractivity contribution < 1.29 is 18.0 Å². The lowest BCUT2D eigenvalue weighted by Gasteiger charge is -2.34. The molecule has 1 saturated carbocycles. The Hall–Kier alpha value is -2.01. The molecule has 2 nitrogen and oxygen atoms in total. The molecule has 0 saturated heterocycles. The van der Waals surface area contributed by atoms with Crippen LogP contribution in [0, 0.1) is 0 Å². The smallest absolute Gasteiger partial charge is 0.349 e. The topological polar surface area (TPSA) is 29.1 Å². The molecule has 0 spiro atoms. The van der Waals surface area contributed by atoms with Crippen LogP contribution in [0.15, 0.2) is 48.5 Å². The zero-order chi connectivity index (χ0) is 18.7. The van der Waals surface area contributed by atoms with Crippen LogP contribution in [0.2, 0.25) is 5.02 Å². The van der Waals surface area contributed by atoms with E-state index < -0.39 is 11.7 Å². The van der Waals surface area contributed by atoms with Gasteiger partial charge in [-0.2, -0.15) is 13.2 Å². The molecule has 1 amide bonds. The molecule has 1 aliphatic carbocycles. The summed E-state index contributed by atoms with van der Waals surface area (Å²) in [6, 6.07) is 12.0. The second-order valence-electron chi connectivity index (χ2n) is 6.54. The summed E-state index contributed by atoms with van der Waals surface area (Å²) in [7, 11) is 0. The van der Waals surface area contributed by atoms with Gasteiger partial charge in [0.25, 0.3) is 5.91 Å². The molecule has 2 aromatic carbocycles. The first kappa shape index (κ1) is 18.8. The number of hydrogen-bond acceptors (Lipinski definition) is 1. The maximum absolute atomic E-state index is 13.4. The maximum Gasteiger partial charge on any atom is 0.416 e. The number of hydrogen-bond donors (Lipinski definition) is 1. The molecule has 2 atom stereocenters. The first-order valence-corrected chi connectivity index (χ1v) is 8.97. The summed E-state index contributed by atoms with van der Waals surface area (Å²) in [5.74, 6) is -0.718. The van der Waals surface area contributed by atoms with Gasteiger partial charge in [0, 0.05) is 12.0 Å². The average molecular weight is 382 g/mol. The predicted octanol–water partition coefficient (Wildman–Crippen LogP) is 5.82. The summed E-state index contributed by atoms with van der Waals surface area (Å²) in [6.07, 6.45) is -1.44. The van der Waals surface area contributed by atoms with Gasteiger partial charge in [0.15, 0.2) is 0 Å². The van der Waals surface area contributed by atoms with Gasteiger partial charge in [0.2, 0.25) is 0 Å². The molecule has 1 N–H and O–H groups in total. The van der Waals surface area contributed by atoms with E-state index in [2.05, 4.69) is 5.32 Å². The minimum absolute atomic E-state index is 0.254. The number of rotatable bonds is 3. The number of carbonyl (C=O) groups excluding carboxylic acids is 1. The summed E-state index contributed by atoms with van der Waals surface area (Å²) in [6.45, 7) is 0. The Bertz CT molecular complexity index is 791. The van der Waals surface area contributed by atoms with E-state index in [4.69, 9.17) is 11.6 Å². The largest absolute Gasteiger partial charge is 0.416 e. The molecule has 1 aliphatic rings. The molecule has 26 heavy (non-hydrogen) atoms. The van der Waals surface area contributed by atoms with Gasteiger partial charge >= 0.3 is 6.18 Å². The molecule has 0 aromatic heterocycles. The van der Waals surface area contributed by atoms with Crippen molar-refractivity contribution in [2.75, 3.05) is 0 Å². The van der Waals surface area contributed by atoms with E-state index in [9.17, 15) is 18.0 Å². The van der Waals surface area contributed by atoms with Gasteiger partial charge < -0.3 is 5.32 Å². The first-order chi connectivity index (χ1) is 12.4. The van der Waals surface area contributed by atoms with Gasteiger partial charge in [-0.1, -0.05) is 54.8 Å². The van der Waals surface area contributed by atoms with Crippen LogP contribution >= 0.6 is 11.6 Å². The van der Waals surface area contributed by atoms with Gasteiger partial charge in [0.1, 0.15) is 0 Å². The SMILES string of the molecule is O=C(N[C@@H]1CCCC[C@@H]1c1ccccc1C(F)(F)F)c1ccccc1Cl. The van der Waals surface area contributed by atoms with E-state index in [0.29, 0.717) is 23.4 Å². The number of alkyl halides is 3. The Morgan fingerprint density at radius 3 is 2.38 bits per heavy atom. The van der Waals surface area contributed by atoms with Crippen molar-refractivity contribution in [3.8, 4) is 0 Å². The Morgan fingerprint density at radius 2 is 1.65 bits per heavy atom. The lowest BCUT2D eigenvalue weighted by atomic mass is 9.78. The summed E-state index contributed by atoms with van der Waals surface area (Å²) in [5, 5.41) is 3.24. The van der Waals surface area contributed by atoms with E-state index in [1.54, 1.807) is 30.3 Å². The van der Waals surface area contributed by atoms with E-state index in [1.165, 1.54) is 12.1 Å². The van der Waals surface area contributed by atoms with Gasteiger partial charge in [-0.05, 0) is 36.6 Å². The van der Waals surface area contributed by atoms with Crippen molar-refractivity contribution in [1.29, 1.82) is 0 Å². The fraction of sp³-hybridized carbons (Fsp3) is 0.350. The number of halogens is 4. The molecule has 0 heterocycles. The van der Waals surface area contributed by atoms with Gasteiger partial charge in [-0.15, -0.1) is 0 Å². The summed E-state index contributed by atoms with van der Waals surface area (Å²) >= 11 is 6.07. The Labute approximate surface area is 155 Å². The number of carbonyl (C=O) groups is 1. The Morgan fingerprint density at radius 1 is 1.00 bits per heavy atom. The molecule has 138 valence electrons. The molecule has 0 aliphatic heterocycles. The summed E-state index contributed by atoms with van der Waals surface area (Å²) < 4.78 is 40.2. The molecular weight excluding hydrogens is 363 g/mol. The molecule has 2 aromatic rings. The molecule has 3 rings (SSSR count). The number of nitrogens with one attached hydrogen (secondary N) is 1. The third-order valence-corrected chi connectivity index (χ3v) is 5.20. The quantitative estimate of drug-likeness (QED) is 0.713. The van der Waals surface area contributed by atoms with Gasteiger partial charge in [0.05, 0.1) is 16.1 Å². The van der Waals surface area contributed by atoms with E-state index in [0.717, 1.165) is 18.9 Å². The second-order valence-corrected chi connectivity index (χ2v) is 6.94.